The van der Waals surface area contributed by atoms with Gasteiger partial charge in [-0.05, 0) is 46.5 Å². The van der Waals surface area contributed by atoms with Crippen molar-refractivity contribution in [2.75, 3.05) is 0 Å². The maximum absolute atomic E-state index is 11.3. The molecule has 0 aromatic carbocycles. The van der Waals surface area contributed by atoms with Crippen LogP contribution in [-0.4, -0.2) is 15.0 Å². The topological polar surface area (TPSA) is 58.6 Å². The minimum Gasteiger partial charge on any atom is -0.312 e. The van der Waals surface area contributed by atoms with Gasteiger partial charge < -0.3 is 4.98 Å². The molecule has 2 aromatic heterocycles. The number of hydrogen-bond acceptors (Lipinski definition) is 4. The summed E-state index contributed by atoms with van der Waals surface area (Å²) in [6, 6.07) is 5.62. The fourth-order valence-corrected chi connectivity index (χ4v) is 2.32. The first kappa shape index (κ1) is 10.6. The van der Waals surface area contributed by atoms with Gasteiger partial charge in [-0.25, -0.2) is 9.97 Å². The molecule has 0 spiro atoms. The van der Waals surface area contributed by atoms with Crippen molar-refractivity contribution in [3.8, 4) is 0 Å². The number of H-pyrrole nitrogens is 1. The van der Waals surface area contributed by atoms with Crippen LogP contribution in [0.15, 0.2) is 45.6 Å². The zero-order chi connectivity index (χ0) is 10.7. The lowest BCUT2D eigenvalue weighted by Crippen LogP contribution is -2.11. The summed E-state index contributed by atoms with van der Waals surface area (Å²) >= 11 is 3.36. The molecule has 2 aromatic rings. The van der Waals surface area contributed by atoms with Crippen molar-refractivity contribution in [3.05, 3.63) is 44.6 Å². The second-order valence-electron chi connectivity index (χ2n) is 2.62. The summed E-state index contributed by atoms with van der Waals surface area (Å²) in [4.78, 5) is 22.1. The Balaban J connectivity index is 2.33. The van der Waals surface area contributed by atoms with E-state index in [2.05, 4.69) is 15.0 Å². The molecule has 2 heterocycles. The van der Waals surface area contributed by atoms with Gasteiger partial charge in [0.1, 0.15) is 13.6 Å². The molecule has 0 saturated carbocycles. The van der Waals surface area contributed by atoms with E-state index < -0.39 is 0 Å². The zero-order valence-electron chi connectivity index (χ0n) is 7.48. The summed E-state index contributed by atoms with van der Waals surface area (Å²) in [5.74, 6) is 0. The average Bonchev–Trinajstić information content (AvgIpc) is 2.26. The Morgan fingerprint density at radius 1 is 1.33 bits per heavy atom. The Morgan fingerprint density at radius 2 is 2.20 bits per heavy atom. The van der Waals surface area contributed by atoms with Crippen molar-refractivity contribution in [1.82, 2.24) is 15.0 Å². The highest BCUT2D eigenvalue weighted by Gasteiger charge is 2.07. The van der Waals surface area contributed by atoms with E-state index in [0.717, 1.165) is 5.03 Å². The molecular weight excluding hydrogens is 325 g/mol. The van der Waals surface area contributed by atoms with Crippen molar-refractivity contribution >= 4 is 34.4 Å². The fraction of sp³-hybridized carbons (Fsp3) is 0. The van der Waals surface area contributed by atoms with Gasteiger partial charge in [0.25, 0.3) is 5.56 Å². The van der Waals surface area contributed by atoms with Gasteiger partial charge >= 0.3 is 0 Å². The van der Waals surface area contributed by atoms with E-state index in [1.165, 1.54) is 18.1 Å². The van der Waals surface area contributed by atoms with Crippen molar-refractivity contribution in [1.29, 1.82) is 0 Å². The van der Waals surface area contributed by atoms with Crippen LogP contribution in [0.2, 0.25) is 0 Å². The molecule has 6 heteroatoms. The Hall–Kier alpha value is -0.890. The zero-order valence-corrected chi connectivity index (χ0v) is 10.4. The first-order chi connectivity index (χ1) is 7.27. The maximum Gasteiger partial charge on any atom is 0.265 e. The molecule has 0 aliphatic rings. The standard InChI is InChI=1S/C9H6IN3OS/c10-7-8(14)12-5-13-9(7)15-6-3-1-2-4-11-6/h1-5H,(H,12,13,14). The number of hydrogen-bond donors (Lipinski definition) is 1. The Kier molecular flexibility index (Phi) is 3.37. The van der Waals surface area contributed by atoms with E-state index in [9.17, 15) is 4.79 Å². The van der Waals surface area contributed by atoms with E-state index in [4.69, 9.17) is 0 Å². The van der Waals surface area contributed by atoms with Gasteiger partial charge in [-0.3, -0.25) is 4.79 Å². The Morgan fingerprint density at radius 3 is 2.93 bits per heavy atom. The molecule has 0 aliphatic heterocycles. The van der Waals surface area contributed by atoms with Gasteiger partial charge in [-0.1, -0.05) is 6.07 Å². The van der Waals surface area contributed by atoms with Crippen LogP contribution >= 0.6 is 34.4 Å². The number of aromatic amines is 1. The Labute approximate surface area is 104 Å². The van der Waals surface area contributed by atoms with Crippen molar-refractivity contribution in [3.63, 3.8) is 0 Å². The molecule has 0 bridgehead atoms. The third-order valence-electron chi connectivity index (χ3n) is 1.60. The number of nitrogens with zero attached hydrogens (tertiary/aromatic N) is 2. The van der Waals surface area contributed by atoms with Gasteiger partial charge in [0, 0.05) is 6.20 Å². The number of aromatic nitrogens is 3. The van der Waals surface area contributed by atoms with E-state index in [1.54, 1.807) is 6.20 Å². The summed E-state index contributed by atoms with van der Waals surface area (Å²) < 4.78 is 0.589. The van der Waals surface area contributed by atoms with E-state index >= 15 is 0 Å². The summed E-state index contributed by atoms with van der Waals surface area (Å²) in [7, 11) is 0. The van der Waals surface area contributed by atoms with Crippen LogP contribution in [0.4, 0.5) is 0 Å². The highest BCUT2D eigenvalue weighted by atomic mass is 127. The molecule has 0 fully saturated rings. The minimum absolute atomic E-state index is 0.121. The highest BCUT2D eigenvalue weighted by molar-refractivity contribution is 14.1. The first-order valence-electron chi connectivity index (χ1n) is 4.09. The molecule has 0 amide bonds. The fourth-order valence-electron chi connectivity index (χ4n) is 0.944. The molecule has 2 rings (SSSR count). The minimum atomic E-state index is -0.121. The van der Waals surface area contributed by atoms with Gasteiger partial charge in [0.2, 0.25) is 0 Å². The molecule has 0 unspecified atom stereocenters. The van der Waals surface area contributed by atoms with Crippen molar-refractivity contribution < 1.29 is 0 Å². The Bertz CT molecular complexity index is 514. The monoisotopic (exact) mass is 331 g/mol. The molecule has 76 valence electrons. The van der Waals surface area contributed by atoms with Crippen LogP contribution < -0.4 is 5.56 Å². The van der Waals surface area contributed by atoms with Crippen LogP contribution in [0, 0.1) is 3.57 Å². The van der Waals surface area contributed by atoms with Crippen LogP contribution in [0.5, 0.6) is 0 Å². The lowest BCUT2D eigenvalue weighted by atomic mass is 10.5. The molecule has 4 nitrogen and oxygen atoms in total. The largest absolute Gasteiger partial charge is 0.312 e. The average molecular weight is 331 g/mol. The molecule has 0 atom stereocenters. The molecule has 15 heavy (non-hydrogen) atoms. The van der Waals surface area contributed by atoms with Crippen LogP contribution in [-0.2, 0) is 0 Å². The van der Waals surface area contributed by atoms with Crippen molar-refractivity contribution in [2.45, 2.75) is 10.1 Å². The van der Waals surface area contributed by atoms with Gasteiger partial charge in [-0.2, -0.15) is 0 Å². The lowest BCUT2D eigenvalue weighted by Gasteiger charge is -2.00. The molecule has 0 saturated heterocycles. The first-order valence-corrected chi connectivity index (χ1v) is 5.99. The smallest absolute Gasteiger partial charge is 0.265 e. The highest BCUT2D eigenvalue weighted by Crippen LogP contribution is 2.25. The number of halogens is 1. The lowest BCUT2D eigenvalue weighted by molar-refractivity contribution is 0.982. The molecule has 1 N–H and O–H groups in total. The predicted molar refractivity (Wildman–Crippen MR) is 65.9 cm³/mol. The SMILES string of the molecule is O=c1[nH]cnc(Sc2ccccn2)c1I. The van der Waals surface area contributed by atoms with Crippen LogP contribution in [0.1, 0.15) is 0 Å². The van der Waals surface area contributed by atoms with Gasteiger partial charge in [-0.15, -0.1) is 0 Å². The number of nitrogens with one attached hydrogen (secondary N) is 1. The number of pyridine rings is 1. The maximum atomic E-state index is 11.3. The van der Waals surface area contributed by atoms with E-state index in [-0.39, 0.29) is 5.56 Å². The van der Waals surface area contributed by atoms with Crippen molar-refractivity contribution in [2.24, 2.45) is 0 Å². The molecule has 0 aliphatic carbocycles. The number of rotatable bonds is 2. The summed E-state index contributed by atoms with van der Waals surface area (Å²) in [6.45, 7) is 0. The van der Waals surface area contributed by atoms with Gasteiger partial charge in [0.05, 0.1) is 6.33 Å². The molecule has 0 radical (unpaired) electrons. The van der Waals surface area contributed by atoms with Crippen LogP contribution in [0.3, 0.4) is 0 Å². The third-order valence-corrected chi connectivity index (χ3v) is 3.92. The second kappa shape index (κ2) is 4.75. The quantitative estimate of drug-likeness (QED) is 0.675. The normalized spacial score (nSPS) is 10.2. The van der Waals surface area contributed by atoms with Crippen LogP contribution in [0.25, 0.3) is 0 Å². The van der Waals surface area contributed by atoms with E-state index in [1.807, 2.05) is 40.8 Å². The summed E-state index contributed by atoms with van der Waals surface area (Å²) in [5, 5.41) is 1.51. The molecular formula is C9H6IN3OS. The van der Waals surface area contributed by atoms with E-state index in [0.29, 0.717) is 8.60 Å². The summed E-state index contributed by atoms with van der Waals surface area (Å²) in [5.41, 5.74) is -0.121. The predicted octanol–water partition coefficient (Wildman–Crippen LogP) is 1.92. The summed E-state index contributed by atoms with van der Waals surface area (Å²) in [6.07, 6.45) is 3.11. The second-order valence-corrected chi connectivity index (χ2v) is 4.71. The van der Waals surface area contributed by atoms with Gasteiger partial charge in [0.15, 0.2) is 0 Å². The third kappa shape index (κ3) is 2.57.